The van der Waals surface area contributed by atoms with E-state index in [0.717, 1.165) is 18.8 Å². The summed E-state index contributed by atoms with van der Waals surface area (Å²) in [6, 6.07) is 0. The molecule has 156 valence electrons. The second-order valence-electron chi connectivity index (χ2n) is 9.81. The summed E-state index contributed by atoms with van der Waals surface area (Å²) in [5.41, 5.74) is 0.757. The lowest BCUT2D eigenvalue weighted by Gasteiger charge is -2.31. The number of rotatable bonds is 7. The first-order valence-electron chi connectivity index (χ1n) is 11.6. The van der Waals surface area contributed by atoms with Gasteiger partial charge in [-0.1, -0.05) is 33.1 Å². The van der Waals surface area contributed by atoms with Gasteiger partial charge in [0.25, 0.3) is 5.91 Å². The maximum atomic E-state index is 12.9. The highest BCUT2D eigenvalue weighted by Crippen LogP contribution is 2.48. The van der Waals surface area contributed by atoms with E-state index in [1.54, 1.807) is 11.3 Å². The van der Waals surface area contributed by atoms with Gasteiger partial charge in [-0.2, -0.15) is 0 Å². The van der Waals surface area contributed by atoms with Crippen LogP contribution in [-0.2, 0) is 0 Å². The predicted octanol–water partition coefficient (Wildman–Crippen LogP) is 5.21. The summed E-state index contributed by atoms with van der Waals surface area (Å²) in [5, 5.41) is 6.57. The highest BCUT2D eigenvalue weighted by atomic mass is 32.1. The molecule has 3 aliphatic rings. The molecule has 4 rings (SSSR count). The van der Waals surface area contributed by atoms with E-state index in [2.05, 4.69) is 24.1 Å². The summed E-state index contributed by atoms with van der Waals surface area (Å²) in [5.74, 6) is 2.08. The van der Waals surface area contributed by atoms with Crippen molar-refractivity contribution in [3.8, 4) is 0 Å². The summed E-state index contributed by atoms with van der Waals surface area (Å²) >= 11 is 1.70. The SMILES string of the molecule is CC(C)CCN1CCC(c2nc(C(=O)NC3(C4CCCCC4)CC3)cs2)CC1. The number of nitrogens with zero attached hydrogens (tertiary/aromatic N) is 2. The Balaban J connectivity index is 1.29. The summed E-state index contributed by atoms with van der Waals surface area (Å²) in [6.07, 6.45) is 12.6. The molecule has 0 bridgehead atoms. The third-order valence-electron chi connectivity index (χ3n) is 7.25. The molecular formula is C23H37N3OS. The third-order valence-corrected chi connectivity index (χ3v) is 8.26. The van der Waals surface area contributed by atoms with Crippen molar-refractivity contribution in [3.63, 3.8) is 0 Å². The Hall–Kier alpha value is -0.940. The van der Waals surface area contributed by atoms with E-state index in [9.17, 15) is 4.79 Å². The molecule has 0 aromatic carbocycles. The summed E-state index contributed by atoms with van der Waals surface area (Å²) < 4.78 is 0. The van der Waals surface area contributed by atoms with Crippen molar-refractivity contribution in [1.82, 2.24) is 15.2 Å². The number of amides is 1. The molecule has 28 heavy (non-hydrogen) atoms. The van der Waals surface area contributed by atoms with Gasteiger partial charge in [-0.15, -0.1) is 11.3 Å². The van der Waals surface area contributed by atoms with Crippen LogP contribution in [0.1, 0.15) is 99.5 Å². The molecule has 2 heterocycles. The molecule has 0 unspecified atom stereocenters. The van der Waals surface area contributed by atoms with Crippen LogP contribution >= 0.6 is 11.3 Å². The monoisotopic (exact) mass is 403 g/mol. The van der Waals surface area contributed by atoms with Gasteiger partial charge >= 0.3 is 0 Å². The number of hydrogen-bond acceptors (Lipinski definition) is 4. The second-order valence-corrected chi connectivity index (χ2v) is 10.7. The van der Waals surface area contributed by atoms with Crippen molar-refractivity contribution < 1.29 is 4.79 Å². The maximum absolute atomic E-state index is 12.9. The lowest BCUT2D eigenvalue weighted by Crippen LogP contribution is -2.43. The molecule has 1 amide bonds. The van der Waals surface area contributed by atoms with E-state index in [4.69, 9.17) is 4.98 Å². The van der Waals surface area contributed by atoms with Crippen molar-refractivity contribution >= 4 is 17.2 Å². The molecule has 2 saturated carbocycles. The zero-order chi connectivity index (χ0) is 19.6. The Morgan fingerprint density at radius 2 is 1.93 bits per heavy atom. The quantitative estimate of drug-likeness (QED) is 0.679. The standard InChI is InChI=1S/C23H37N3OS/c1-17(2)8-13-26-14-9-18(10-15-26)22-24-20(16-28-22)21(27)25-23(11-12-23)19-6-4-3-5-7-19/h16-19H,3-15H2,1-2H3,(H,25,27). The molecule has 5 heteroatoms. The van der Waals surface area contributed by atoms with Gasteiger partial charge in [0, 0.05) is 16.8 Å². The van der Waals surface area contributed by atoms with Crippen LogP contribution in [0.15, 0.2) is 5.38 Å². The van der Waals surface area contributed by atoms with E-state index in [0.29, 0.717) is 17.5 Å². The van der Waals surface area contributed by atoms with Crippen LogP contribution in [0.4, 0.5) is 0 Å². The highest BCUT2D eigenvalue weighted by molar-refractivity contribution is 7.09. The number of thiazole rings is 1. The smallest absolute Gasteiger partial charge is 0.271 e. The van der Waals surface area contributed by atoms with Crippen LogP contribution < -0.4 is 5.32 Å². The Labute approximate surface area is 174 Å². The molecular weight excluding hydrogens is 366 g/mol. The summed E-state index contributed by atoms with van der Waals surface area (Å²) in [7, 11) is 0. The number of nitrogens with one attached hydrogen (secondary N) is 1. The average Bonchev–Trinajstić information content (AvgIpc) is 3.32. The van der Waals surface area contributed by atoms with Crippen molar-refractivity contribution in [2.45, 2.75) is 89.5 Å². The third kappa shape index (κ3) is 4.79. The van der Waals surface area contributed by atoms with E-state index in [1.165, 1.54) is 76.0 Å². The van der Waals surface area contributed by atoms with Gasteiger partial charge in [-0.3, -0.25) is 4.79 Å². The molecule has 1 aromatic heterocycles. The van der Waals surface area contributed by atoms with E-state index >= 15 is 0 Å². The fraction of sp³-hybridized carbons (Fsp3) is 0.826. The fourth-order valence-electron chi connectivity index (χ4n) is 5.14. The van der Waals surface area contributed by atoms with Crippen molar-refractivity contribution in [2.75, 3.05) is 19.6 Å². The number of carbonyl (C=O) groups excluding carboxylic acids is 1. The molecule has 1 aliphatic heterocycles. The average molecular weight is 404 g/mol. The molecule has 0 spiro atoms. The minimum atomic E-state index is 0.0694. The molecule has 1 saturated heterocycles. The highest BCUT2D eigenvalue weighted by Gasteiger charge is 2.50. The van der Waals surface area contributed by atoms with Gasteiger partial charge in [0.15, 0.2) is 0 Å². The van der Waals surface area contributed by atoms with Gasteiger partial charge in [-0.25, -0.2) is 4.98 Å². The Morgan fingerprint density at radius 3 is 2.57 bits per heavy atom. The van der Waals surface area contributed by atoms with E-state index in [-0.39, 0.29) is 11.4 Å². The van der Waals surface area contributed by atoms with Crippen molar-refractivity contribution in [3.05, 3.63) is 16.1 Å². The van der Waals surface area contributed by atoms with Crippen LogP contribution in [0.5, 0.6) is 0 Å². The Morgan fingerprint density at radius 1 is 1.21 bits per heavy atom. The molecule has 2 aliphatic carbocycles. The van der Waals surface area contributed by atoms with E-state index in [1.807, 2.05) is 5.38 Å². The Kier molecular flexibility index (Phi) is 6.41. The van der Waals surface area contributed by atoms with E-state index < -0.39 is 0 Å². The first-order chi connectivity index (χ1) is 13.6. The van der Waals surface area contributed by atoms with Gasteiger partial charge in [0.1, 0.15) is 5.69 Å². The van der Waals surface area contributed by atoms with Gasteiger partial charge in [0.2, 0.25) is 0 Å². The zero-order valence-corrected chi connectivity index (χ0v) is 18.5. The summed E-state index contributed by atoms with van der Waals surface area (Å²) in [4.78, 5) is 20.2. The Bertz CT molecular complexity index is 653. The number of hydrogen-bond donors (Lipinski definition) is 1. The first-order valence-corrected chi connectivity index (χ1v) is 12.4. The molecule has 4 nitrogen and oxygen atoms in total. The fourth-order valence-corrected chi connectivity index (χ4v) is 6.11. The lowest BCUT2D eigenvalue weighted by atomic mass is 9.82. The van der Waals surface area contributed by atoms with Crippen LogP contribution in [0.25, 0.3) is 0 Å². The predicted molar refractivity (Wildman–Crippen MR) is 116 cm³/mol. The van der Waals surface area contributed by atoms with Crippen molar-refractivity contribution in [1.29, 1.82) is 0 Å². The number of likely N-dealkylation sites (tertiary alicyclic amines) is 1. The van der Waals surface area contributed by atoms with Crippen LogP contribution in [-0.4, -0.2) is 41.0 Å². The molecule has 1 aromatic rings. The molecule has 0 atom stereocenters. The molecule has 1 N–H and O–H groups in total. The topological polar surface area (TPSA) is 45.2 Å². The van der Waals surface area contributed by atoms with Gasteiger partial charge in [-0.05, 0) is 76.4 Å². The number of carbonyl (C=O) groups is 1. The lowest BCUT2D eigenvalue weighted by molar-refractivity contribution is 0.0897. The molecule has 0 radical (unpaired) electrons. The van der Waals surface area contributed by atoms with Gasteiger partial charge < -0.3 is 10.2 Å². The van der Waals surface area contributed by atoms with Crippen LogP contribution in [0, 0.1) is 11.8 Å². The zero-order valence-electron chi connectivity index (χ0n) is 17.7. The van der Waals surface area contributed by atoms with Gasteiger partial charge in [0.05, 0.1) is 5.01 Å². The largest absolute Gasteiger partial charge is 0.345 e. The minimum Gasteiger partial charge on any atom is -0.345 e. The first kappa shape index (κ1) is 20.3. The number of piperidine rings is 1. The van der Waals surface area contributed by atoms with Crippen molar-refractivity contribution in [2.24, 2.45) is 11.8 Å². The van der Waals surface area contributed by atoms with Crippen LogP contribution in [0.3, 0.4) is 0 Å². The molecule has 3 fully saturated rings. The second kappa shape index (κ2) is 8.83. The van der Waals surface area contributed by atoms with Crippen LogP contribution in [0.2, 0.25) is 0 Å². The summed E-state index contributed by atoms with van der Waals surface area (Å²) in [6.45, 7) is 8.16. The maximum Gasteiger partial charge on any atom is 0.271 e. The number of aromatic nitrogens is 1. The normalized spacial score (nSPS) is 23.8. The minimum absolute atomic E-state index is 0.0694.